The van der Waals surface area contributed by atoms with Crippen LogP contribution in [0.1, 0.15) is 45.4 Å². The zero-order valence-electron chi connectivity index (χ0n) is 12.1. The van der Waals surface area contributed by atoms with E-state index >= 15 is 0 Å². The lowest BCUT2D eigenvalue weighted by molar-refractivity contribution is -0.146. The maximum atomic E-state index is 11.9. The number of rotatable bonds is 6. The molecule has 0 atom stereocenters. The molecule has 5 heteroatoms. The number of hydrogen-bond donors (Lipinski definition) is 1. The van der Waals surface area contributed by atoms with E-state index in [1.165, 1.54) is 6.42 Å². The summed E-state index contributed by atoms with van der Waals surface area (Å²) in [5.41, 5.74) is 0. The van der Waals surface area contributed by atoms with Crippen LogP contribution in [0.4, 0.5) is 0 Å². The molecule has 1 rings (SSSR count). The quantitative estimate of drug-likeness (QED) is 0.585. The molecule has 0 radical (unpaired) electrons. The van der Waals surface area contributed by atoms with Gasteiger partial charge in [-0.2, -0.15) is 0 Å². The SMILES string of the molecule is CCOCCCNC(=O)C(=O)N(C)C1CCCCC1. The molecule has 2 amide bonds. The van der Waals surface area contributed by atoms with Crippen molar-refractivity contribution in [3.8, 4) is 0 Å². The third-order valence-electron chi connectivity index (χ3n) is 3.59. The highest BCUT2D eigenvalue weighted by atomic mass is 16.5. The van der Waals surface area contributed by atoms with Crippen LogP contribution in [0, 0.1) is 0 Å². The molecule has 0 saturated heterocycles. The Balaban J connectivity index is 2.24. The first-order valence-electron chi connectivity index (χ1n) is 7.29. The Labute approximate surface area is 115 Å². The van der Waals surface area contributed by atoms with Gasteiger partial charge in [0.2, 0.25) is 0 Å². The van der Waals surface area contributed by atoms with Crippen LogP contribution in [0.2, 0.25) is 0 Å². The van der Waals surface area contributed by atoms with Gasteiger partial charge in [-0.1, -0.05) is 19.3 Å². The van der Waals surface area contributed by atoms with E-state index in [-0.39, 0.29) is 6.04 Å². The summed E-state index contributed by atoms with van der Waals surface area (Å²) in [4.78, 5) is 25.3. The average Bonchev–Trinajstić information content (AvgIpc) is 2.46. The van der Waals surface area contributed by atoms with Crippen LogP contribution in [0.15, 0.2) is 0 Å². The molecule has 5 nitrogen and oxygen atoms in total. The van der Waals surface area contributed by atoms with Crippen molar-refractivity contribution in [1.82, 2.24) is 10.2 Å². The minimum atomic E-state index is -0.496. The first-order valence-corrected chi connectivity index (χ1v) is 7.29. The second kappa shape index (κ2) is 8.91. The smallest absolute Gasteiger partial charge is 0.311 e. The molecule has 0 unspecified atom stereocenters. The molecule has 1 aliphatic rings. The van der Waals surface area contributed by atoms with Gasteiger partial charge in [0, 0.05) is 32.8 Å². The van der Waals surface area contributed by atoms with Gasteiger partial charge in [-0.25, -0.2) is 0 Å². The van der Waals surface area contributed by atoms with Crippen LogP contribution in [-0.4, -0.2) is 49.6 Å². The molecule has 110 valence electrons. The fourth-order valence-electron chi connectivity index (χ4n) is 2.39. The Morgan fingerprint density at radius 1 is 1.26 bits per heavy atom. The highest BCUT2D eigenvalue weighted by molar-refractivity contribution is 6.35. The van der Waals surface area contributed by atoms with Crippen LogP contribution in [0.5, 0.6) is 0 Å². The van der Waals surface area contributed by atoms with Gasteiger partial charge in [-0.15, -0.1) is 0 Å². The summed E-state index contributed by atoms with van der Waals surface area (Å²) in [7, 11) is 1.73. The molecular weight excluding hydrogens is 244 g/mol. The minimum Gasteiger partial charge on any atom is -0.382 e. The second-order valence-corrected chi connectivity index (χ2v) is 5.01. The highest BCUT2D eigenvalue weighted by Crippen LogP contribution is 2.21. The van der Waals surface area contributed by atoms with Crippen molar-refractivity contribution in [3.05, 3.63) is 0 Å². The van der Waals surface area contributed by atoms with Crippen LogP contribution in [0.3, 0.4) is 0 Å². The topological polar surface area (TPSA) is 58.6 Å². The number of ether oxygens (including phenoxy) is 1. The van der Waals surface area contributed by atoms with Crippen molar-refractivity contribution in [2.45, 2.75) is 51.5 Å². The van der Waals surface area contributed by atoms with E-state index in [0.29, 0.717) is 19.8 Å². The Kier molecular flexibility index (Phi) is 7.48. The first kappa shape index (κ1) is 16.0. The summed E-state index contributed by atoms with van der Waals surface area (Å²) in [5.74, 6) is -0.909. The van der Waals surface area contributed by atoms with Gasteiger partial charge < -0.3 is 15.0 Å². The van der Waals surface area contributed by atoms with E-state index in [1.807, 2.05) is 6.92 Å². The molecule has 0 heterocycles. The summed E-state index contributed by atoms with van der Waals surface area (Å²) >= 11 is 0. The lowest BCUT2D eigenvalue weighted by atomic mass is 9.94. The molecule has 0 aromatic rings. The molecule has 19 heavy (non-hydrogen) atoms. The molecular formula is C14H26N2O3. The van der Waals surface area contributed by atoms with Gasteiger partial charge in [0.15, 0.2) is 0 Å². The number of likely N-dealkylation sites (N-methyl/N-ethyl adjacent to an activating group) is 1. The maximum Gasteiger partial charge on any atom is 0.311 e. The fraction of sp³-hybridized carbons (Fsp3) is 0.857. The van der Waals surface area contributed by atoms with Crippen molar-refractivity contribution < 1.29 is 14.3 Å². The second-order valence-electron chi connectivity index (χ2n) is 5.01. The molecule has 0 aromatic heterocycles. The molecule has 1 N–H and O–H groups in total. The van der Waals surface area contributed by atoms with Crippen molar-refractivity contribution in [1.29, 1.82) is 0 Å². The van der Waals surface area contributed by atoms with Crippen molar-refractivity contribution in [2.24, 2.45) is 0 Å². The lowest BCUT2D eigenvalue weighted by Crippen LogP contribution is -2.46. The number of amides is 2. The lowest BCUT2D eigenvalue weighted by Gasteiger charge is -2.30. The Hall–Kier alpha value is -1.10. The van der Waals surface area contributed by atoms with Gasteiger partial charge >= 0.3 is 11.8 Å². The van der Waals surface area contributed by atoms with Gasteiger partial charge in [0.1, 0.15) is 0 Å². The third kappa shape index (κ3) is 5.59. The molecule has 0 aromatic carbocycles. The standard InChI is InChI=1S/C14H26N2O3/c1-3-19-11-7-10-15-13(17)14(18)16(2)12-8-5-4-6-9-12/h12H,3-11H2,1-2H3,(H,15,17). The van der Waals surface area contributed by atoms with Crippen molar-refractivity contribution in [3.63, 3.8) is 0 Å². The summed E-state index contributed by atoms with van der Waals surface area (Å²) in [5, 5.41) is 2.65. The molecule has 1 saturated carbocycles. The average molecular weight is 270 g/mol. The zero-order valence-corrected chi connectivity index (χ0v) is 12.1. The van der Waals surface area contributed by atoms with Crippen LogP contribution >= 0.6 is 0 Å². The van der Waals surface area contributed by atoms with E-state index in [1.54, 1.807) is 11.9 Å². The van der Waals surface area contributed by atoms with Crippen LogP contribution in [0.25, 0.3) is 0 Å². The largest absolute Gasteiger partial charge is 0.382 e. The molecule has 1 fully saturated rings. The number of carbonyl (C=O) groups is 2. The van der Waals surface area contributed by atoms with Crippen LogP contribution < -0.4 is 5.32 Å². The van der Waals surface area contributed by atoms with E-state index in [0.717, 1.165) is 32.1 Å². The van der Waals surface area contributed by atoms with Gasteiger partial charge in [0.05, 0.1) is 0 Å². The summed E-state index contributed by atoms with van der Waals surface area (Å²) in [6.45, 7) is 3.71. The predicted octanol–water partition coefficient (Wildman–Crippen LogP) is 1.32. The zero-order chi connectivity index (χ0) is 14.1. The molecule has 1 aliphatic carbocycles. The minimum absolute atomic E-state index is 0.232. The molecule has 0 aliphatic heterocycles. The van der Waals surface area contributed by atoms with Gasteiger partial charge in [-0.05, 0) is 26.2 Å². The van der Waals surface area contributed by atoms with E-state index in [4.69, 9.17) is 4.74 Å². The van der Waals surface area contributed by atoms with E-state index < -0.39 is 11.8 Å². The molecule has 0 spiro atoms. The molecule has 0 bridgehead atoms. The number of nitrogens with one attached hydrogen (secondary N) is 1. The van der Waals surface area contributed by atoms with Gasteiger partial charge in [-0.3, -0.25) is 9.59 Å². The van der Waals surface area contributed by atoms with Crippen LogP contribution in [-0.2, 0) is 14.3 Å². The number of hydrogen-bond acceptors (Lipinski definition) is 3. The Bertz CT molecular complexity index is 288. The Morgan fingerprint density at radius 3 is 2.58 bits per heavy atom. The highest BCUT2D eigenvalue weighted by Gasteiger charge is 2.26. The number of carbonyl (C=O) groups excluding carboxylic acids is 2. The van der Waals surface area contributed by atoms with E-state index in [2.05, 4.69) is 5.32 Å². The normalized spacial score (nSPS) is 16.1. The summed E-state index contributed by atoms with van der Waals surface area (Å²) < 4.78 is 5.17. The summed E-state index contributed by atoms with van der Waals surface area (Å²) in [6.07, 6.45) is 6.30. The third-order valence-corrected chi connectivity index (χ3v) is 3.59. The maximum absolute atomic E-state index is 11.9. The number of nitrogens with zero attached hydrogens (tertiary/aromatic N) is 1. The van der Waals surface area contributed by atoms with Crippen molar-refractivity contribution >= 4 is 11.8 Å². The monoisotopic (exact) mass is 270 g/mol. The first-order chi connectivity index (χ1) is 9.16. The predicted molar refractivity (Wildman–Crippen MR) is 73.8 cm³/mol. The Morgan fingerprint density at radius 2 is 1.95 bits per heavy atom. The van der Waals surface area contributed by atoms with E-state index in [9.17, 15) is 9.59 Å². The van der Waals surface area contributed by atoms with Crippen molar-refractivity contribution in [2.75, 3.05) is 26.8 Å². The summed E-state index contributed by atoms with van der Waals surface area (Å²) in [6, 6.07) is 0.232. The fourth-order valence-corrected chi connectivity index (χ4v) is 2.39. The van der Waals surface area contributed by atoms with Gasteiger partial charge in [0.25, 0.3) is 0 Å².